The lowest BCUT2D eigenvalue weighted by Crippen LogP contribution is -2.42. The number of carbonyl (C=O) groups excluding carboxylic acids is 1. The van der Waals surface area contributed by atoms with Crippen molar-refractivity contribution in [3.63, 3.8) is 0 Å². The number of nitrogen functional groups attached to an aromatic ring is 1. The molecule has 2 aliphatic heterocycles. The van der Waals surface area contributed by atoms with Gasteiger partial charge in [-0.05, 0) is 62.0 Å². The number of halogens is 1. The molecule has 4 heteroatoms. The molecule has 3 nitrogen and oxygen atoms in total. The van der Waals surface area contributed by atoms with E-state index in [0.29, 0.717) is 17.3 Å². The fourth-order valence-electron chi connectivity index (χ4n) is 4.88. The van der Waals surface area contributed by atoms with E-state index in [1.165, 1.54) is 32.1 Å². The molecule has 4 aliphatic rings. The molecule has 114 valence electrons. The maximum absolute atomic E-state index is 12.9. The van der Waals surface area contributed by atoms with Gasteiger partial charge in [-0.15, -0.1) is 12.4 Å². The maximum Gasteiger partial charge on any atom is 0.256 e. The van der Waals surface area contributed by atoms with Gasteiger partial charge in [0.15, 0.2) is 0 Å². The fourth-order valence-corrected chi connectivity index (χ4v) is 4.88. The molecule has 4 bridgehead atoms. The van der Waals surface area contributed by atoms with E-state index in [4.69, 9.17) is 5.73 Å². The van der Waals surface area contributed by atoms with Crippen LogP contribution in [-0.2, 0) is 0 Å². The van der Waals surface area contributed by atoms with Crippen LogP contribution in [0.3, 0.4) is 0 Å². The normalized spacial score (nSPS) is 33.4. The van der Waals surface area contributed by atoms with Crippen LogP contribution in [0.15, 0.2) is 24.3 Å². The summed E-state index contributed by atoms with van der Waals surface area (Å²) in [5, 5.41) is 0. The molecule has 2 saturated heterocycles. The Morgan fingerprint density at radius 2 is 1.62 bits per heavy atom. The second-order valence-electron chi connectivity index (χ2n) is 6.98. The molecule has 4 fully saturated rings. The van der Waals surface area contributed by atoms with E-state index in [-0.39, 0.29) is 18.3 Å². The monoisotopic (exact) mass is 306 g/mol. The third-order valence-electron chi connectivity index (χ3n) is 5.56. The first-order chi connectivity index (χ1) is 9.70. The smallest absolute Gasteiger partial charge is 0.256 e. The van der Waals surface area contributed by atoms with Crippen molar-refractivity contribution in [2.75, 3.05) is 12.3 Å². The van der Waals surface area contributed by atoms with Gasteiger partial charge in [0.25, 0.3) is 5.91 Å². The maximum atomic E-state index is 12.9. The van der Waals surface area contributed by atoms with Gasteiger partial charge in [-0.3, -0.25) is 4.79 Å². The summed E-state index contributed by atoms with van der Waals surface area (Å²) < 4.78 is 0. The van der Waals surface area contributed by atoms with E-state index in [0.717, 1.165) is 24.3 Å². The number of nitrogens with zero attached hydrogens (tertiary/aromatic N) is 1. The molecule has 2 unspecified atom stereocenters. The van der Waals surface area contributed by atoms with E-state index >= 15 is 0 Å². The van der Waals surface area contributed by atoms with Crippen LogP contribution in [0.1, 0.15) is 42.5 Å². The molecule has 2 aliphatic carbocycles. The second-order valence-corrected chi connectivity index (χ2v) is 6.98. The standard InChI is InChI=1S/C17H22N2O.ClH/c18-16-4-2-1-3-15(16)17(20)19-10-13-6-11-5-12(7-13)9-14(19)8-11;/h1-4,11-14H,5-10,18H2;1H. The van der Waals surface area contributed by atoms with Crippen LogP contribution in [0.2, 0.25) is 0 Å². The minimum Gasteiger partial charge on any atom is -0.398 e. The van der Waals surface area contributed by atoms with Gasteiger partial charge in [0.1, 0.15) is 0 Å². The summed E-state index contributed by atoms with van der Waals surface area (Å²) in [6.45, 7) is 0.949. The number of hydrogen-bond acceptors (Lipinski definition) is 2. The van der Waals surface area contributed by atoms with E-state index in [2.05, 4.69) is 4.90 Å². The molecule has 2 saturated carbocycles. The Balaban J connectivity index is 0.00000132. The highest BCUT2D eigenvalue weighted by atomic mass is 35.5. The summed E-state index contributed by atoms with van der Waals surface area (Å²) in [6.07, 6.45) is 6.50. The quantitative estimate of drug-likeness (QED) is 0.809. The Kier molecular flexibility index (Phi) is 3.87. The lowest BCUT2D eigenvalue weighted by atomic mass is 9.68. The number of nitrogens with two attached hydrogens (primary N) is 1. The highest BCUT2D eigenvalue weighted by molar-refractivity contribution is 5.99. The van der Waals surface area contributed by atoms with E-state index < -0.39 is 0 Å². The van der Waals surface area contributed by atoms with Crippen molar-refractivity contribution in [2.45, 2.75) is 38.1 Å². The topological polar surface area (TPSA) is 46.3 Å². The average molecular weight is 307 g/mol. The molecule has 2 atom stereocenters. The molecule has 1 aromatic rings. The van der Waals surface area contributed by atoms with E-state index in [9.17, 15) is 4.79 Å². The van der Waals surface area contributed by atoms with Gasteiger partial charge >= 0.3 is 0 Å². The van der Waals surface area contributed by atoms with Crippen LogP contribution in [0, 0.1) is 17.8 Å². The summed E-state index contributed by atoms with van der Waals surface area (Å²) in [5.41, 5.74) is 7.29. The van der Waals surface area contributed by atoms with Gasteiger partial charge in [-0.1, -0.05) is 12.1 Å². The highest BCUT2D eigenvalue weighted by Crippen LogP contribution is 2.47. The number of para-hydroxylation sites is 1. The van der Waals surface area contributed by atoms with Crippen LogP contribution in [0.25, 0.3) is 0 Å². The minimum absolute atomic E-state index is 0. The average Bonchev–Trinajstić information content (AvgIpc) is 2.62. The predicted molar refractivity (Wildman–Crippen MR) is 86.5 cm³/mol. The summed E-state index contributed by atoms with van der Waals surface area (Å²) in [5.74, 6) is 2.60. The number of fused-ring (bicyclic) bond motifs is 1. The van der Waals surface area contributed by atoms with Crippen molar-refractivity contribution in [1.29, 1.82) is 0 Å². The first-order valence-corrected chi connectivity index (χ1v) is 7.86. The summed E-state index contributed by atoms with van der Waals surface area (Å²) in [7, 11) is 0. The van der Waals surface area contributed by atoms with Crippen LogP contribution >= 0.6 is 12.4 Å². The third-order valence-corrected chi connectivity index (χ3v) is 5.56. The van der Waals surface area contributed by atoms with E-state index in [1.807, 2.05) is 24.3 Å². The summed E-state index contributed by atoms with van der Waals surface area (Å²) in [4.78, 5) is 15.0. The number of anilines is 1. The Morgan fingerprint density at radius 3 is 2.29 bits per heavy atom. The Bertz CT molecular complexity index is 533. The Labute approximate surface area is 132 Å². The molecular weight excluding hydrogens is 284 g/mol. The molecule has 0 spiro atoms. The zero-order valence-corrected chi connectivity index (χ0v) is 13.0. The molecular formula is C17H23ClN2O. The number of amides is 1. The first-order valence-electron chi connectivity index (χ1n) is 7.86. The van der Waals surface area contributed by atoms with Crippen LogP contribution in [-0.4, -0.2) is 23.4 Å². The van der Waals surface area contributed by atoms with Crippen LogP contribution in [0.4, 0.5) is 5.69 Å². The SMILES string of the molecule is Cl.Nc1ccccc1C(=O)N1CC2CC3CC(C2)CC1C3. The second kappa shape index (κ2) is 5.53. The van der Waals surface area contributed by atoms with Crippen molar-refractivity contribution in [3.05, 3.63) is 29.8 Å². The van der Waals surface area contributed by atoms with Crippen molar-refractivity contribution in [3.8, 4) is 0 Å². The number of rotatable bonds is 1. The van der Waals surface area contributed by atoms with Gasteiger partial charge in [-0.2, -0.15) is 0 Å². The summed E-state index contributed by atoms with van der Waals surface area (Å²) in [6, 6.07) is 7.95. The van der Waals surface area contributed by atoms with Crippen LogP contribution < -0.4 is 5.73 Å². The van der Waals surface area contributed by atoms with Crippen molar-refractivity contribution in [1.82, 2.24) is 4.90 Å². The van der Waals surface area contributed by atoms with Gasteiger partial charge in [-0.25, -0.2) is 0 Å². The highest BCUT2D eigenvalue weighted by Gasteiger charge is 2.44. The Hall–Kier alpha value is -1.22. The van der Waals surface area contributed by atoms with Crippen molar-refractivity contribution >= 4 is 24.0 Å². The lowest BCUT2D eigenvalue weighted by molar-refractivity contribution is 0.0634. The van der Waals surface area contributed by atoms with Gasteiger partial charge in [0, 0.05) is 18.3 Å². The predicted octanol–water partition coefficient (Wildman–Crippen LogP) is 3.34. The Morgan fingerprint density at radius 1 is 1.00 bits per heavy atom. The largest absolute Gasteiger partial charge is 0.398 e. The lowest BCUT2D eigenvalue weighted by Gasteiger charge is -2.39. The molecule has 1 amide bonds. The van der Waals surface area contributed by atoms with Crippen LogP contribution in [0.5, 0.6) is 0 Å². The van der Waals surface area contributed by atoms with Gasteiger partial charge in [0.05, 0.1) is 5.56 Å². The molecule has 2 N–H and O–H groups in total. The fraction of sp³-hybridized carbons (Fsp3) is 0.588. The van der Waals surface area contributed by atoms with Crippen molar-refractivity contribution in [2.24, 2.45) is 17.8 Å². The number of hydrogen-bond donors (Lipinski definition) is 1. The van der Waals surface area contributed by atoms with Gasteiger partial charge in [0.2, 0.25) is 0 Å². The van der Waals surface area contributed by atoms with Crippen molar-refractivity contribution < 1.29 is 4.79 Å². The molecule has 1 aromatic carbocycles. The number of benzene rings is 1. The molecule has 0 radical (unpaired) electrons. The van der Waals surface area contributed by atoms with Gasteiger partial charge < -0.3 is 10.6 Å². The molecule has 0 aromatic heterocycles. The number of carbonyl (C=O) groups is 1. The third kappa shape index (κ3) is 2.52. The molecule has 21 heavy (non-hydrogen) atoms. The summed E-state index contributed by atoms with van der Waals surface area (Å²) >= 11 is 0. The first kappa shape index (κ1) is 14.7. The molecule has 5 rings (SSSR count). The molecule has 2 heterocycles. The zero-order valence-electron chi connectivity index (χ0n) is 12.2. The zero-order chi connectivity index (χ0) is 13.7. The van der Waals surface area contributed by atoms with E-state index in [1.54, 1.807) is 0 Å². The minimum atomic E-state index is 0.